The Morgan fingerprint density at radius 2 is 2.05 bits per heavy atom. The fraction of sp³-hybridized carbons (Fsp3) is 0.533. The van der Waals surface area contributed by atoms with E-state index in [2.05, 4.69) is 10.6 Å². The van der Waals surface area contributed by atoms with Crippen molar-refractivity contribution in [3.8, 4) is 11.5 Å². The predicted octanol–water partition coefficient (Wildman–Crippen LogP) is 0.0894. The number of carbonyl (C=O) groups is 1. The number of ether oxygens (including phenoxy) is 3. The van der Waals surface area contributed by atoms with Gasteiger partial charge in [-0.05, 0) is 18.2 Å². The quantitative estimate of drug-likeness (QED) is 0.531. The molecule has 0 bridgehead atoms. The molecule has 0 aliphatic heterocycles. The Kier molecular flexibility index (Phi) is 8.27. The van der Waals surface area contributed by atoms with Crippen LogP contribution in [0.15, 0.2) is 18.2 Å². The Balaban J connectivity index is 2.50. The van der Waals surface area contributed by atoms with Crippen LogP contribution in [-0.4, -0.2) is 58.6 Å². The lowest BCUT2D eigenvalue weighted by Crippen LogP contribution is -2.37. The Morgan fingerprint density at radius 1 is 1.27 bits per heavy atom. The van der Waals surface area contributed by atoms with Crippen LogP contribution in [0, 0.1) is 0 Å². The van der Waals surface area contributed by atoms with Crippen molar-refractivity contribution in [2.45, 2.75) is 6.10 Å². The van der Waals surface area contributed by atoms with E-state index in [4.69, 9.17) is 14.2 Å². The number of rotatable bonds is 10. The molecule has 0 radical (unpaired) electrons. The Hall–Kier alpha value is -1.83. The van der Waals surface area contributed by atoms with Gasteiger partial charge >= 0.3 is 0 Å². The molecule has 1 rings (SSSR count). The number of benzene rings is 1. The number of carbonyl (C=O) groups excluding carboxylic acids is 1. The van der Waals surface area contributed by atoms with E-state index in [-0.39, 0.29) is 19.0 Å². The van der Waals surface area contributed by atoms with Crippen molar-refractivity contribution in [1.29, 1.82) is 0 Å². The van der Waals surface area contributed by atoms with Gasteiger partial charge in [0.1, 0.15) is 11.5 Å². The van der Waals surface area contributed by atoms with Gasteiger partial charge in [-0.2, -0.15) is 0 Å². The molecule has 22 heavy (non-hydrogen) atoms. The minimum Gasteiger partial charge on any atom is -0.497 e. The molecule has 1 aromatic carbocycles. The van der Waals surface area contributed by atoms with Gasteiger partial charge in [0.15, 0.2) is 0 Å². The molecular weight excluding hydrogens is 288 g/mol. The van der Waals surface area contributed by atoms with Crippen LogP contribution in [0.25, 0.3) is 0 Å². The zero-order chi connectivity index (χ0) is 16.4. The molecule has 1 amide bonds. The molecule has 0 saturated carbocycles. The van der Waals surface area contributed by atoms with Crippen molar-refractivity contribution < 1.29 is 24.1 Å². The van der Waals surface area contributed by atoms with Crippen LogP contribution in [0.1, 0.15) is 11.7 Å². The number of hydrogen-bond donors (Lipinski definition) is 3. The lowest BCUT2D eigenvalue weighted by Gasteiger charge is -2.16. The summed E-state index contributed by atoms with van der Waals surface area (Å²) in [5.41, 5.74) is 0.564. The van der Waals surface area contributed by atoms with Crippen LogP contribution in [0.3, 0.4) is 0 Å². The van der Waals surface area contributed by atoms with Crippen molar-refractivity contribution in [3.63, 3.8) is 0 Å². The Bertz CT molecular complexity index is 467. The van der Waals surface area contributed by atoms with Crippen molar-refractivity contribution in [2.75, 3.05) is 47.6 Å². The van der Waals surface area contributed by atoms with Crippen LogP contribution in [0.4, 0.5) is 0 Å². The van der Waals surface area contributed by atoms with Gasteiger partial charge in [0.05, 0.1) is 33.5 Å². The van der Waals surface area contributed by atoms with Crippen LogP contribution < -0.4 is 20.1 Å². The number of nitrogens with one attached hydrogen (secondary N) is 2. The van der Waals surface area contributed by atoms with Crippen LogP contribution in [-0.2, 0) is 9.53 Å². The highest BCUT2D eigenvalue weighted by Crippen LogP contribution is 2.28. The summed E-state index contributed by atoms with van der Waals surface area (Å²) in [7, 11) is 4.67. The molecule has 1 atom stereocenters. The van der Waals surface area contributed by atoms with Gasteiger partial charge in [0.25, 0.3) is 0 Å². The van der Waals surface area contributed by atoms with E-state index in [1.54, 1.807) is 32.4 Å². The summed E-state index contributed by atoms with van der Waals surface area (Å²) < 4.78 is 15.2. The third-order valence-electron chi connectivity index (χ3n) is 3.06. The minimum atomic E-state index is -0.882. The van der Waals surface area contributed by atoms with Crippen molar-refractivity contribution in [1.82, 2.24) is 10.6 Å². The van der Waals surface area contributed by atoms with Crippen LogP contribution >= 0.6 is 0 Å². The summed E-state index contributed by atoms with van der Waals surface area (Å²) in [5.74, 6) is 0.959. The first-order chi connectivity index (χ1) is 10.6. The first kappa shape index (κ1) is 18.2. The molecule has 0 saturated heterocycles. The summed E-state index contributed by atoms with van der Waals surface area (Å²) in [6.07, 6.45) is -0.882. The molecule has 7 nitrogen and oxygen atoms in total. The first-order valence-corrected chi connectivity index (χ1v) is 6.98. The summed E-state index contributed by atoms with van der Waals surface area (Å²) in [6.45, 7) is 1.40. The Labute approximate surface area is 130 Å². The standard InChI is InChI=1S/C15H24N2O5/c1-20-7-6-16-10-15(19)17-9-13(18)12-8-11(21-2)4-5-14(12)22-3/h4-5,8,13,16,18H,6-7,9-10H2,1-3H3,(H,17,19). The smallest absolute Gasteiger partial charge is 0.234 e. The van der Waals surface area contributed by atoms with Gasteiger partial charge in [-0.3, -0.25) is 4.79 Å². The van der Waals surface area contributed by atoms with E-state index in [1.165, 1.54) is 7.11 Å². The van der Waals surface area contributed by atoms with E-state index >= 15 is 0 Å². The highest BCUT2D eigenvalue weighted by Gasteiger charge is 2.15. The Morgan fingerprint density at radius 3 is 2.68 bits per heavy atom. The molecule has 0 spiro atoms. The van der Waals surface area contributed by atoms with E-state index in [0.29, 0.717) is 30.2 Å². The highest BCUT2D eigenvalue weighted by atomic mass is 16.5. The summed E-state index contributed by atoms with van der Waals surface area (Å²) in [5, 5.41) is 15.8. The maximum absolute atomic E-state index is 11.6. The highest BCUT2D eigenvalue weighted by molar-refractivity contribution is 5.78. The third kappa shape index (κ3) is 5.88. The lowest BCUT2D eigenvalue weighted by atomic mass is 10.1. The maximum Gasteiger partial charge on any atom is 0.234 e. The van der Waals surface area contributed by atoms with E-state index in [9.17, 15) is 9.90 Å². The number of methoxy groups -OCH3 is 3. The topological polar surface area (TPSA) is 89.1 Å². The number of hydrogen-bond acceptors (Lipinski definition) is 6. The molecule has 124 valence electrons. The van der Waals surface area contributed by atoms with E-state index in [0.717, 1.165) is 0 Å². The monoisotopic (exact) mass is 312 g/mol. The van der Waals surface area contributed by atoms with Gasteiger partial charge in [0.2, 0.25) is 5.91 Å². The second-order valence-electron chi connectivity index (χ2n) is 4.60. The van der Waals surface area contributed by atoms with Gasteiger partial charge in [-0.25, -0.2) is 0 Å². The van der Waals surface area contributed by atoms with Crippen molar-refractivity contribution in [2.24, 2.45) is 0 Å². The number of amides is 1. The second kappa shape index (κ2) is 9.99. The fourth-order valence-electron chi connectivity index (χ4n) is 1.86. The van der Waals surface area contributed by atoms with E-state index < -0.39 is 6.10 Å². The molecule has 1 aromatic rings. The molecule has 0 heterocycles. The minimum absolute atomic E-state index is 0.0916. The SMILES string of the molecule is COCCNCC(=O)NCC(O)c1cc(OC)ccc1OC. The van der Waals surface area contributed by atoms with Gasteiger partial charge in [-0.1, -0.05) is 0 Å². The number of aliphatic hydroxyl groups is 1. The average molecular weight is 312 g/mol. The maximum atomic E-state index is 11.6. The zero-order valence-electron chi connectivity index (χ0n) is 13.2. The third-order valence-corrected chi connectivity index (χ3v) is 3.06. The summed E-state index contributed by atoms with van der Waals surface area (Å²) >= 11 is 0. The molecule has 0 aromatic heterocycles. The summed E-state index contributed by atoms with van der Waals surface area (Å²) in [4.78, 5) is 11.6. The van der Waals surface area contributed by atoms with Gasteiger partial charge in [0, 0.05) is 25.8 Å². The molecule has 0 aliphatic carbocycles. The van der Waals surface area contributed by atoms with Crippen molar-refractivity contribution >= 4 is 5.91 Å². The summed E-state index contributed by atoms with van der Waals surface area (Å²) in [6, 6.07) is 5.14. The van der Waals surface area contributed by atoms with Crippen LogP contribution in [0.2, 0.25) is 0 Å². The lowest BCUT2D eigenvalue weighted by molar-refractivity contribution is -0.120. The van der Waals surface area contributed by atoms with Gasteiger partial charge in [-0.15, -0.1) is 0 Å². The average Bonchev–Trinajstić information content (AvgIpc) is 2.55. The van der Waals surface area contributed by atoms with Crippen molar-refractivity contribution in [3.05, 3.63) is 23.8 Å². The second-order valence-corrected chi connectivity index (χ2v) is 4.60. The van der Waals surface area contributed by atoms with Crippen LogP contribution in [0.5, 0.6) is 11.5 Å². The molecule has 0 fully saturated rings. The van der Waals surface area contributed by atoms with Gasteiger partial charge < -0.3 is 30.0 Å². The molecular formula is C15H24N2O5. The fourth-order valence-corrected chi connectivity index (χ4v) is 1.86. The predicted molar refractivity (Wildman–Crippen MR) is 82.3 cm³/mol. The first-order valence-electron chi connectivity index (χ1n) is 6.98. The zero-order valence-corrected chi connectivity index (χ0v) is 13.2. The normalized spacial score (nSPS) is 11.8. The molecule has 0 aliphatic rings. The largest absolute Gasteiger partial charge is 0.497 e. The molecule has 1 unspecified atom stereocenters. The van der Waals surface area contributed by atoms with E-state index in [1.807, 2.05) is 0 Å². The molecule has 7 heteroatoms. The molecule has 3 N–H and O–H groups in total. The number of aliphatic hydroxyl groups excluding tert-OH is 1.